The second-order valence-electron chi connectivity index (χ2n) is 5.15. The van der Waals surface area contributed by atoms with Crippen molar-refractivity contribution in [3.8, 4) is 0 Å². The summed E-state index contributed by atoms with van der Waals surface area (Å²) in [5, 5.41) is 3.44. The number of aryl methyl sites for hydroxylation is 1. The molecule has 1 saturated heterocycles. The molecule has 2 heteroatoms. The molecule has 1 heterocycles. The molecule has 17 heavy (non-hydrogen) atoms. The van der Waals surface area contributed by atoms with Crippen molar-refractivity contribution >= 4 is 0 Å². The van der Waals surface area contributed by atoms with E-state index in [-0.39, 0.29) is 0 Å². The van der Waals surface area contributed by atoms with Crippen molar-refractivity contribution in [2.75, 3.05) is 13.1 Å². The van der Waals surface area contributed by atoms with Crippen LogP contribution < -0.4 is 11.1 Å². The molecule has 1 fully saturated rings. The average molecular weight is 232 g/mol. The maximum Gasteiger partial charge on any atom is 0.00913 e. The van der Waals surface area contributed by atoms with Gasteiger partial charge >= 0.3 is 0 Å². The Balaban J connectivity index is 1.63. The lowest BCUT2D eigenvalue weighted by Crippen LogP contribution is -2.44. The second kappa shape index (κ2) is 6.77. The van der Waals surface area contributed by atoms with Crippen LogP contribution in [-0.4, -0.2) is 19.1 Å². The van der Waals surface area contributed by atoms with Crippen molar-refractivity contribution in [1.29, 1.82) is 0 Å². The van der Waals surface area contributed by atoms with E-state index in [4.69, 9.17) is 5.73 Å². The van der Waals surface area contributed by atoms with Crippen LogP contribution in [0.2, 0.25) is 0 Å². The third-order valence-corrected chi connectivity index (χ3v) is 3.80. The molecule has 0 aromatic heterocycles. The summed E-state index contributed by atoms with van der Waals surface area (Å²) in [4.78, 5) is 0. The van der Waals surface area contributed by atoms with Crippen LogP contribution in [0.3, 0.4) is 0 Å². The number of nitrogens with two attached hydrogens (primary N) is 1. The van der Waals surface area contributed by atoms with E-state index < -0.39 is 0 Å². The van der Waals surface area contributed by atoms with Gasteiger partial charge in [0, 0.05) is 6.04 Å². The van der Waals surface area contributed by atoms with Crippen LogP contribution in [0.1, 0.15) is 31.2 Å². The van der Waals surface area contributed by atoms with E-state index in [0.29, 0.717) is 12.0 Å². The molecule has 2 rings (SSSR count). The molecular formula is C15H24N2. The maximum atomic E-state index is 6.13. The van der Waals surface area contributed by atoms with Gasteiger partial charge in [0.2, 0.25) is 0 Å². The minimum absolute atomic E-state index is 0.424. The fraction of sp³-hybridized carbons (Fsp3) is 0.600. The standard InChI is InChI=1S/C15H24N2/c16-15-10-11-17-12-14(15)9-5-4-8-13-6-2-1-3-7-13/h1-3,6-7,14-15,17H,4-5,8-12,16H2/t14-,15+/m1/s1. The number of rotatable bonds is 5. The van der Waals surface area contributed by atoms with Gasteiger partial charge in [-0.05, 0) is 50.3 Å². The van der Waals surface area contributed by atoms with E-state index >= 15 is 0 Å². The molecule has 1 aliphatic rings. The molecule has 1 aromatic carbocycles. The summed E-state index contributed by atoms with van der Waals surface area (Å²) in [6.45, 7) is 2.22. The molecule has 0 bridgehead atoms. The van der Waals surface area contributed by atoms with E-state index in [1.807, 2.05) is 0 Å². The summed E-state index contributed by atoms with van der Waals surface area (Å²) in [6, 6.07) is 11.2. The molecule has 0 saturated carbocycles. The number of unbranched alkanes of at least 4 members (excludes halogenated alkanes) is 1. The molecule has 0 spiro atoms. The van der Waals surface area contributed by atoms with Gasteiger partial charge in [0.15, 0.2) is 0 Å². The summed E-state index contributed by atoms with van der Waals surface area (Å²) in [7, 11) is 0. The number of hydrogen-bond acceptors (Lipinski definition) is 2. The highest BCUT2D eigenvalue weighted by Crippen LogP contribution is 2.17. The molecule has 1 aromatic rings. The zero-order valence-electron chi connectivity index (χ0n) is 10.6. The second-order valence-corrected chi connectivity index (χ2v) is 5.15. The maximum absolute atomic E-state index is 6.13. The van der Waals surface area contributed by atoms with Gasteiger partial charge in [-0.1, -0.05) is 36.8 Å². The van der Waals surface area contributed by atoms with Crippen molar-refractivity contribution in [3.05, 3.63) is 35.9 Å². The fourth-order valence-electron chi connectivity index (χ4n) is 2.64. The summed E-state index contributed by atoms with van der Waals surface area (Å²) in [6.07, 6.45) is 6.21. The summed E-state index contributed by atoms with van der Waals surface area (Å²) < 4.78 is 0. The predicted octanol–water partition coefficient (Wildman–Crippen LogP) is 2.34. The normalized spacial score (nSPS) is 24.8. The smallest absolute Gasteiger partial charge is 0.00913 e. The first-order chi connectivity index (χ1) is 8.36. The van der Waals surface area contributed by atoms with Gasteiger partial charge in [0.05, 0.1) is 0 Å². The Bertz CT molecular complexity index is 310. The zero-order chi connectivity index (χ0) is 11.9. The van der Waals surface area contributed by atoms with Crippen molar-refractivity contribution in [2.24, 2.45) is 11.7 Å². The Hall–Kier alpha value is -0.860. The highest BCUT2D eigenvalue weighted by atomic mass is 14.9. The summed E-state index contributed by atoms with van der Waals surface area (Å²) in [5.41, 5.74) is 7.59. The van der Waals surface area contributed by atoms with Crippen LogP contribution >= 0.6 is 0 Å². The van der Waals surface area contributed by atoms with Gasteiger partial charge in [-0.3, -0.25) is 0 Å². The van der Waals surface area contributed by atoms with Crippen LogP contribution in [0.25, 0.3) is 0 Å². The van der Waals surface area contributed by atoms with Gasteiger partial charge in [-0.25, -0.2) is 0 Å². The van der Waals surface area contributed by atoms with Gasteiger partial charge in [0.25, 0.3) is 0 Å². The van der Waals surface area contributed by atoms with Crippen molar-refractivity contribution < 1.29 is 0 Å². The van der Waals surface area contributed by atoms with Crippen LogP contribution in [0.5, 0.6) is 0 Å². The summed E-state index contributed by atoms with van der Waals surface area (Å²) in [5.74, 6) is 0.694. The van der Waals surface area contributed by atoms with E-state index in [2.05, 4.69) is 35.6 Å². The first-order valence-electron chi connectivity index (χ1n) is 6.86. The molecule has 0 amide bonds. The molecule has 2 atom stereocenters. The topological polar surface area (TPSA) is 38.0 Å². The van der Waals surface area contributed by atoms with Crippen LogP contribution in [0.4, 0.5) is 0 Å². The first-order valence-corrected chi connectivity index (χ1v) is 6.86. The molecule has 0 aliphatic carbocycles. The van der Waals surface area contributed by atoms with Crippen molar-refractivity contribution in [2.45, 2.75) is 38.1 Å². The monoisotopic (exact) mass is 232 g/mol. The lowest BCUT2D eigenvalue weighted by molar-refractivity contribution is 0.302. The minimum atomic E-state index is 0.424. The van der Waals surface area contributed by atoms with Crippen molar-refractivity contribution in [3.63, 3.8) is 0 Å². The molecule has 3 N–H and O–H groups in total. The molecule has 0 unspecified atom stereocenters. The zero-order valence-corrected chi connectivity index (χ0v) is 10.6. The molecule has 2 nitrogen and oxygen atoms in total. The number of piperidine rings is 1. The van der Waals surface area contributed by atoms with Crippen molar-refractivity contribution in [1.82, 2.24) is 5.32 Å². The highest BCUT2D eigenvalue weighted by Gasteiger charge is 2.20. The molecule has 1 aliphatic heterocycles. The Morgan fingerprint density at radius 2 is 2.00 bits per heavy atom. The first kappa shape index (κ1) is 12.6. The Morgan fingerprint density at radius 3 is 2.76 bits per heavy atom. The third kappa shape index (κ3) is 4.14. The van der Waals surface area contributed by atoms with Gasteiger partial charge < -0.3 is 11.1 Å². The Kier molecular flexibility index (Phi) is 5.02. The quantitative estimate of drug-likeness (QED) is 0.765. The van der Waals surface area contributed by atoms with E-state index in [1.54, 1.807) is 0 Å². The molecule has 94 valence electrons. The fourth-order valence-corrected chi connectivity index (χ4v) is 2.64. The lowest BCUT2D eigenvalue weighted by atomic mass is 9.89. The Labute approximate surface area is 105 Å². The Morgan fingerprint density at radius 1 is 1.18 bits per heavy atom. The number of hydrogen-bond donors (Lipinski definition) is 2. The molecule has 0 radical (unpaired) electrons. The van der Waals surface area contributed by atoms with Crippen LogP contribution in [-0.2, 0) is 6.42 Å². The summed E-state index contributed by atoms with van der Waals surface area (Å²) >= 11 is 0. The average Bonchev–Trinajstić information content (AvgIpc) is 2.38. The minimum Gasteiger partial charge on any atom is -0.327 e. The third-order valence-electron chi connectivity index (χ3n) is 3.80. The number of benzene rings is 1. The number of nitrogens with one attached hydrogen (secondary N) is 1. The highest BCUT2D eigenvalue weighted by molar-refractivity contribution is 5.14. The largest absolute Gasteiger partial charge is 0.327 e. The predicted molar refractivity (Wildman–Crippen MR) is 72.9 cm³/mol. The van der Waals surface area contributed by atoms with Crippen LogP contribution in [0, 0.1) is 5.92 Å². The SMILES string of the molecule is N[C@H]1CCNC[C@H]1CCCCc1ccccc1. The van der Waals surface area contributed by atoms with Crippen LogP contribution in [0.15, 0.2) is 30.3 Å². The van der Waals surface area contributed by atoms with Gasteiger partial charge in [0.1, 0.15) is 0 Å². The van der Waals surface area contributed by atoms with E-state index in [1.165, 1.54) is 31.2 Å². The van der Waals surface area contributed by atoms with E-state index in [9.17, 15) is 0 Å². The van der Waals surface area contributed by atoms with Gasteiger partial charge in [-0.2, -0.15) is 0 Å². The molecular weight excluding hydrogens is 208 g/mol. The van der Waals surface area contributed by atoms with E-state index in [0.717, 1.165) is 19.5 Å². The lowest BCUT2D eigenvalue weighted by Gasteiger charge is -2.29. The van der Waals surface area contributed by atoms with Gasteiger partial charge in [-0.15, -0.1) is 0 Å².